The second kappa shape index (κ2) is 17.0. The summed E-state index contributed by atoms with van der Waals surface area (Å²) >= 11 is 0. The molecule has 5 amide bonds. The van der Waals surface area contributed by atoms with E-state index in [-0.39, 0.29) is 29.5 Å². The summed E-state index contributed by atoms with van der Waals surface area (Å²) in [6, 6.07) is 4.02. The van der Waals surface area contributed by atoms with Crippen molar-refractivity contribution >= 4 is 29.4 Å². The van der Waals surface area contributed by atoms with Crippen molar-refractivity contribution in [1.29, 1.82) is 0 Å². The number of nitrogens with one attached hydrogen (secondary N) is 3. The van der Waals surface area contributed by atoms with E-state index in [0.29, 0.717) is 69.0 Å². The molecule has 3 aliphatic rings. The van der Waals surface area contributed by atoms with Gasteiger partial charge in [0, 0.05) is 64.5 Å². The summed E-state index contributed by atoms with van der Waals surface area (Å²) < 4.78 is 22.9. The molecule has 3 fully saturated rings. The highest BCUT2D eigenvalue weighted by Crippen LogP contribution is 2.51. The van der Waals surface area contributed by atoms with Gasteiger partial charge in [-0.3, -0.25) is 19.1 Å². The number of aromatic nitrogens is 2. The fourth-order valence-corrected chi connectivity index (χ4v) is 7.08. The Balaban J connectivity index is 1.34. The highest BCUT2D eigenvalue weighted by atomic mass is 19.1. The summed E-state index contributed by atoms with van der Waals surface area (Å²) in [6.45, 7) is 11.1. The van der Waals surface area contributed by atoms with Gasteiger partial charge in [-0.05, 0) is 95.0 Å². The monoisotopic (exact) mass is 710 g/mol. The average Bonchev–Trinajstić information content (AvgIpc) is 4.07. The Morgan fingerprint density at radius 3 is 2.35 bits per heavy atom. The maximum Gasteiger partial charge on any atom is 0.317 e. The van der Waals surface area contributed by atoms with Crippen LogP contribution < -0.4 is 16.0 Å². The quantitative estimate of drug-likeness (QED) is 0.227. The molecule has 2 aliphatic carbocycles. The Kier molecular flexibility index (Phi) is 12.7. The standard InChI is InChI=1S/C37H55FN8O5/c1-7-46-30(15-16-39-46)34(47)41-33(31(25-9-10-25)26-11-12-26)35(48)40-29-14-13-27(21-28(29)38)24(4)32(42-37(50)44(6)19-20-51-8-2)36(49)45-18-17-43(5)23(3)22-45/h13-16,21,23-26,31-33H,7-12,17-20,22H2,1-6H3,(H,40,48)(H,41,47)(H,42,50)/t23-,24+,32-,33+/m1/s1. The van der Waals surface area contributed by atoms with Gasteiger partial charge >= 0.3 is 6.03 Å². The lowest BCUT2D eigenvalue weighted by atomic mass is 9.88. The van der Waals surface area contributed by atoms with Gasteiger partial charge in [0.15, 0.2) is 0 Å². The number of ether oxygens (including phenoxy) is 1. The second-order valence-electron chi connectivity index (χ2n) is 14.4. The van der Waals surface area contributed by atoms with Crippen LogP contribution in [-0.4, -0.2) is 120 Å². The van der Waals surface area contributed by atoms with Crippen LogP contribution >= 0.6 is 0 Å². The molecule has 4 atom stereocenters. The number of amides is 5. The predicted octanol–water partition coefficient (Wildman–Crippen LogP) is 3.53. The van der Waals surface area contributed by atoms with E-state index in [2.05, 4.69) is 25.9 Å². The summed E-state index contributed by atoms with van der Waals surface area (Å²) in [5, 5.41) is 12.9. The molecule has 51 heavy (non-hydrogen) atoms. The third kappa shape index (κ3) is 9.45. The first-order valence-electron chi connectivity index (χ1n) is 18.4. The van der Waals surface area contributed by atoms with Crippen molar-refractivity contribution in [3.8, 4) is 0 Å². The Labute approximate surface area is 300 Å². The van der Waals surface area contributed by atoms with Crippen LogP contribution in [0.25, 0.3) is 0 Å². The first-order valence-corrected chi connectivity index (χ1v) is 18.4. The molecule has 1 aliphatic heterocycles. The fourth-order valence-electron chi connectivity index (χ4n) is 7.08. The maximum absolute atomic E-state index is 15.9. The van der Waals surface area contributed by atoms with E-state index >= 15 is 4.39 Å². The minimum Gasteiger partial charge on any atom is -0.380 e. The van der Waals surface area contributed by atoms with Crippen LogP contribution in [0.2, 0.25) is 0 Å². The molecule has 13 nitrogen and oxygen atoms in total. The molecular weight excluding hydrogens is 655 g/mol. The zero-order valence-electron chi connectivity index (χ0n) is 30.9. The molecule has 3 N–H and O–H groups in total. The van der Waals surface area contributed by atoms with Crippen LogP contribution in [0.4, 0.5) is 14.9 Å². The summed E-state index contributed by atoms with van der Waals surface area (Å²) in [5.74, 6) is -1.71. The number of anilines is 1. The molecule has 14 heteroatoms. The van der Waals surface area contributed by atoms with Gasteiger partial charge in [0.1, 0.15) is 23.6 Å². The highest BCUT2D eigenvalue weighted by molar-refractivity contribution is 6.01. The number of carbonyl (C=O) groups excluding carboxylic acids is 4. The lowest BCUT2D eigenvalue weighted by Crippen LogP contribution is -2.59. The second-order valence-corrected chi connectivity index (χ2v) is 14.4. The van der Waals surface area contributed by atoms with Crippen molar-refractivity contribution in [2.45, 2.75) is 84.0 Å². The Morgan fingerprint density at radius 1 is 1.04 bits per heavy atom. The van der Waals surface area contributed by atoms with Crippen LogP contribution in [0.1, 0.15) is 75.3 Å². The Bertz CT molecular complexity index is 1530. The number of nitrogens with zero attached hydrogens (tertiary/aromatic N) is 5. The third-order valence-electron chi connectivity index (χ3n) is 10.8. The van der Waals surface area contributed by atoms with Gasteiger partial charge < -0.3 is 35.4 Å². The maximum atomic E-state index is 15.9. The van der Waals surface area contributed by atoms with Gasteiger partial charge in [-0.1, -0.05) is 13.0 Å². The van der Waals surface area contributed by atoms with Crippen molar-refractivity contribution in [2.75, 3.05) is 58.8 Å². The zero-order chi connectivity index (χ0) is 36.8. The molecule has 1 aromatic carbocycles. The number of hydrogen-bond donors (Lipinski definition) is 3. The first kappa shape index (κ1) is 38.2. The van der Waals surface area contributed by atoms with Crippen molar-refractivity contribution in [1.82, 2.24) is 35.1 Å². The lowest BCUT2D eigenvalue weighted by Gasteiger charge is -2.40. The van der Waals surface area contributed by atoms with Gasteiger partial charge in [-0.2, -0.15) is 5.10 Å². The van der Waals surface area contributed by atoms with Crippen molar-refractivity contribution < 1.29 is 28.3 Å². The first-order chi connectivity index (χ1) is 24.4. The minimum atomic E-state index is -0.962. The van der Waals surface area contributed by atoms with Crippen LogP contribution in [0.5, 0.6) is 0 Å². The molecule has 0 radical (unpaired) electrons. The van der Waals surface area contributed by atoms with Gasteiger partial charge in [0.25, 0.3) is 5.91 Å². The van der Waals surface area contributed by atoms with Gasteiger partial charge in [0.2, 0.25) is 11.8 Å². The van der Waals surface area contributed by atoms with E-state index in [1.54, 1.807) is 41.9 Å². The molecule has 2 heterocycles. The highest BCUT2D eigenvalue weighted by Gasteiger charge is 2.48. The topological polar surface area (TPSA) is 141 Å². The molecule has 2 saturated carbocycles. The van der Waals surface area contributed by atoms with E-state index in [4.69, 9.17) is 4.74 Å². The number of hydrogen-bond acceptors (Lipinski definition) is 7. The number of halogens is 1. The van der Waals surface area contributed by atoms with Crippen LogP contribution in [0.3, 0.4) is 0 Å². The molecule has 0 bridgehead atoms. The Hall–Kier alpha value is -4.04. The van der Waals surface area contributed by atoms with Crippen molar-refractivity contribution in [2.24, 2.45) is 17.8 Å². The molecule has 280 valence electrons. The molecule has 5 rings (SSSR count). The van der Waals surface area contributed by atoms with E-state index in [0.717, 1.165) is 25.7 Å². The van der Waals surface area contributed by atoms with E-state index in [9.17, 15) is 19.2 Å². The van der Waals surface area contributed by atoms with E-state index < -0.39 is 35.8 Å². The van der Waals surface area contributed by atoms with Gasteiger partial charge in [-0.15, -0.1) is 0 Å². The van der Waals surface area contributed by atoms with Crippen LogP contribution in [-0.2, 0) is 20.9 Å². The van der Waals surface area contributed by atoms with Gasteiger partial charge in [0.05, 0.1) is 12.3 Å². The zero-order valence-corrected chi connectivity index (χ0v) is 30.9. The SMILES string of the molecule is CCOCCN(C)C(=O)N[C@@H](C(=O)N1CCN(C)[C@H](C)C1)[C@@H](C)c1ccc(NC(=O)[C@@H](NC(=O)c2ccnn2CC)C(C2CC2)C2CC2)c(F)c1. The van der Waals surface area contributed by atoms with E-state index in [1.165, 1.54) is 17.0 Å². The molecule has 2 aromatic rings. The normalized spacial score (nSPS) is 19.7. The number of benzene rings is 1. The van der Waals surface area contributed by atoms with Gasteiger partial charge in [-0.25, -0.2) is 9.18 Å². The summed E-state index contributed by atoms with van der Waals surface area (Å²) in [7, 11) is 3.65. The smallest absolute Gasteiger partial charge is 0.317 e. The number of likely N-dealkylation sites (N-methyl/N-ethyl adjacent to an activating group) is 2. The molecular formula is C37H55FN8O5. The summed E-state index contributed by atoms with van der Waals surface area (Å²) in [5.41, 5.74) is 0.845. The Morgan fingerprint density at radius 2 is 1.75 bits per heavy atom. The average molecular weight is 711 g/mol. The third-order valence-corrected chi connectivity index (χ3v) is 10.8. The summed E-state index contributed by atoms with van der Waals surface area (Å²) in [6.07, 6.45) is 5.56. The van der Waals surface area contributed by atoms with Crippen molar-refractivity contribution in [3.05, 3.63) is 47.5 Å². The van der Waals surface area contributed by atoms with Crippen LogP contribution in [0, 0.1) is 23.6 Å². The van der Waals surface area contributed by atoms with E-state index in [1.807, 2.05) is 27.8 Å². The fraction of sp³-hybridized carbons (Fsp3) is 0.649. The number of carbonyl (C=O) groups is 4. The number of rotatable bonds is 16. The molecule has 1 aromatic heterocycles. The molecule has 1 saturated heterocycles. The van der Waals surface area contributed by atoms with Crippen LogP contribution in [0.15, 0.2) is 30.5 Å². The molecule has 0 unspecified atom stereocenters. The number of urea groups is 1. The molecule has 0 spiro atoms. The summed E-state index contributed by atoms with van der Waals surface area (Å²) in [4.78, 5) is 60.0. The lowest BCUT2D eigenvalue weighted by molar-refractivity contribution is -0.136. The minimum absolute atomic E-state index is 0.0189. The predicted molar refractivity (Wildman–Crippen MR) is 192 cm³/mol. The number of aryl methyl sites for hydroxylation is 1. The number of piperazine rings is 1. The van der Waals surface area contributed by atoms with Crippen molar-refractivity contribution in [3.63, 3.8) is 0 Å². The largest absolute Gasteiger partial charge is 0.380 e.